The lowest BCUT2D eigenvalue weighted by Crippen LogP contribution is -2.11. The van der Waals surface area contributed by atoms with Gasteiger partial charge in [-0.2, -0.15) is 0 Å². The maximum absolute atomic E-state index is 8.79. The van der Waals surface area contributed by atoms with E-state index in [1.807, 2.05) is 24.3 Å². The van der Waals surface area contributed by atoms with Gasteiger partial charge in [-0.15, -0.1) is 17.0 Å². The van der Waals surface area contributed by atoms with Crippen LogP contribution in [0.25, 0.3) is 11.1 Å². The van der Waals surface area contributed by atoms with Gasteiger partial charge in [0, 0.05) is 13.1 Å². The molecule has 0 atom stereocenters. The van der Waals surface area contributed by atoms with Crippen LogP contribution in [0.3, 0.4) is 0 Å². The van der Waals surface area contributed by atoms with E-state index < -0.39 is 0 Å². The van der Waals surface area contributed by atoms with E-state index in [1.165, 1.54) is 0 Å². The Morgan fingerprint density at radius 3 is 2.00 bits per heavy atom. The molecule has 2 aromatic carbocycles. The molecule has 0 amide bonds. The third-order valence-electron chi connectivity index (χ3n) is 2.43. The number of aromatic nitrogens is 1. The Bertz CT molecular complexity index is 689. The highest BCUT2D eigenvalue weighted by Crippen LogP contribution is 2.16. The smallest absolute Gasteiger partial charge is 0.266 e. The molecule has 1 heterocycles. The standard InChI is InChI=1S/C7H5NOS.C6H7NO.C2H8N2.BrH.H3N/c10-7-8-5-3-1-2-4-6(5)9-7;7-5-3-1-2-4-6(5)8;3-1-2-4;;/h1-4H,(H,8,10);1-4,8H,7H2;1-4H2;1H;1H3. The second-order valence-electron chi connectivity index (χ2n) is 4.15. The molecule has 0 aliphatic rings. The molecule has 0 fully saturated rings. The van der Waals surface area contributed by atoms with E-state index in [1.54, 1.807) is 24.3 Å². The Labute approximate surface area is 156 Å². The van der Waals surface area contributed by atoms with Crippen molar-refractivity contribution in [3.63, 3.8) is 0 Å². The molecule has 0 saturated heterocycles. The quantitative estimate of drug-likeness (QED) is 0.201. The number of phenols is 1. The number of aromatic amines is 1. The molecule has 3 rings (SSSR count). The normalized spacial score (nSPS) is 8.58. The van der Waals surface area contributed by atoms with E-state index in [0.29, 0.717) is 23.6 Å². The number of halogens is 1. The molecule has 3 aromatic rings. The molecule has 1 aromatic heterocycles. The SMILES string of the molecule is Br.N.NCCN.Nc1ccccc1O.S=c1[nH]c2ccccc2o1. The van der Waals surface area contributed by atoms with Crippen LogP contribution in [0.2, 0.25) is 0 Å². The van der Waals surface area contributed by atoms with Gasteiger partial charge in [0.15, 0.2) is 5.58 Å². The minimum atomic E-state index is 0. The third kappa shape index (κ3) is 8.65. The van der Waals surface area contributed by atoms with E-state index >= 15 is 0 Å². The fraction of sp³-hybridized carbons (Fsp3) is 0.133. The van der Waals surface area contributed by atoms with Crippen LogP contribution < -0.4 is 23.4 Å². The number of hydrogen-bond donors (Lipinski definition) is 6. The summed E-state index contributed by atoms with van der Waals surface area (Å²) in [5, 5.41) is 8.79. The Balaban J connectivity index is 0. The number of fused-ring (bicyclic) bond motifs is 1. The van der Waals surface area contributed by atoms with E-state index in [2.05, 4.69) is 4.98 Å². The van der Waals surface area contributed by atoms with Gasteiger partial charge >= 0.3 is 0 Å². The van der Waals surface area contributed by atoms with Crippen LogP contribution in [0.1, 0.15) is 0 Å². The van der Waals surface area contributed by atoms with Gasteiger partial charge in [0.1, 0.15) is 5.75 Å². The van der Waals surface area contributed by atoms with Gasteiger partial charge in [-0.3, -0.25) is 0 Å². The van der Waals surface area contributed by atoms with Crippen molar-refractivity contribution in [2.75, 3.05) is 18.8 Å². The minimum absolute atomic E-state index is 0. The fourth-order valence-electron chi connectivity index (χ4n) is 1.38. The number of aromatic hydroxyl groups is 1. The lowest BCUT2D eigenvalue weighted by molar-refractivity contribution is 0.478. The number of phenolic OH excluding ortho intramolecular Hbond substituents is 1. The fourth-order valence-corrected chi connectivity index (χ4v) is 1.58. The molecule has 0 aliphatic heterocycles. The number of hydrogen-bond acceptors (Lipinski definition) is 7. The van der Waals surface area contributed by atoms with Crippen LogP contribution >= 0.6 is 29.2 Å². The Morgan fingerprint density at radius 1 is 1.00 bits per heavy atom. The summed E-state index contributed by atoms with van der Waals surface area (Å²) in [4.78, 5) is 3.34. The summed E-state index contributed by atoms with van der Waals surface area (Å²) >= 11 is 4.79. The van der Waals surface area contributed by atoms with Crippen LogP contribution in [0, 0.1) is 4.84 Å². The molecule has 7 nitrogen and oxygen atoms in total. The highest BCUT2D eigenvalue weighted by Gasteiger charge is 1.93. The summed E-state index contributed by atoms with van der Waals surface area (Å²) in [7, 11) is 0. The summed E-state index contributed by atoms with van der Waals surface area (Å²) in [5.41, 5.74) is 17.3. The van der Waals surface area contributed by atoms with Gasteiger partial charge in [0.25, 0.3) is 4.84 Å². The predicted molar refractivity (Wildman–Crippen MR) is 107 cm³/mol. The predicted octanol–water partition coefficient (Wildman–Crippen LogP) is 3.11. The number of nitrogens with one attached hydrogen (secondary N) is 1. The second kappa shape index (κ2) is 13.5. The number of para-hydroxylation sites is 4. The van der Waals surface area contributed by atoms with Gasteiger partial charge in [-0.1, -0.05) is 24.3 Å². The van der Waals surface area contributed by atoms with Crippen molar-refractivity contribution in [1.82, 2.24) is 11.1 Å². The van der Waals surface area contributed by atoms with Crippen LogP contribution in [-0.2, 0) is 0 Å². The van der Waals surface area contributed by atoms with Crippen molar-refractivity contribution in [3.8, 4) is 5.75 Å². The van der Waals surface area contributed by atoms with Crippen LogP contribution in [0.4, 0.5) is 5.69 Å². The van der Waals surface area contributed by atoms with Crippen molar-refractivity contribution >= 4 is 46.0 Å². The maximum atomic E-state index is 8.79. The van der Waals surface area contributed by atoms with E-state index in [4.69, 9.17) is 38.9 Å². The van der Waals surface area contributed by atoms with E-state index in [0.717, 1.165) is 11.1 Å². The molecule has 0 spiro atoms. The Morgan fingerprint density at radius 2 is 1.54 bits per heavy atom. The summed E-state index contributed by atoms with van der Waals surface area (Å²) in [6, 6.07) is 14.3. The molecular formula is C15H24BrN5O2S. The molecule has 0 aliphatic carbocycles. The van der Waals surface area contributed by atoms with Crippen LogP contribution in [0.15, 0.2) is 52.9 Å². The Hall–Kier alpha value is -1.91. The average Bonchev–Trinajstić information content (AvgIpc) is 2.91. The first-order valence-electron chi connectivity index (χ1n) is 6.60. The highest BCUT2D eigenvalue weighted by atomic mass is 79.9. The molecule has 24 heavy (non-hydrogen) atoms. The lowest BCUT2D eigenvalue weighted by Gasteiger charge is -1.92. The molecule has 0 unspecified atom stereocenters. The average molecular weight is 418 g/mol. The van der Waals surface area contributed by atoms with Crippen molar-refractivity contribution < 1.29 is 9.52 Å². The zero-order valence-electron chi connectivity index (χ0n) is 13.1. The van der Waals surface area contributed by atoms with Gasteiger partial charge in [0.2, 0.25) is 0 Å². The van der Waals surface area contributed by atoms with Gasteiger partial charge in [0.05, 0.1) is 11.2 Å². The largest absolute Gasteiger partial charge is 0.506 e. The third-order valence-corrected chi connectivity index (χ3v) is 2.62. The molecule has 134 valence electrons. The van der Waals surface area contributed by atoms with E-state index in [-0.39, 0.29) is 28.9 Å². The van der Waals surface area contributed by atoms with Gasteiger partial charge in [-0.25, -0.2) is 0 Å². The molecule has 0 saturated carbocycles. The zero-order chi connectivity index (χ0) is 16.4. The van der Waals surface area contributed by atoms with Crippen LogP contribution in [0.5, 0.6) is 5.75 Å². The first kappa shape index (κ1) is 24.3. The van der Waals surface area contributed by atoms with Gasteiger partial charge < -0.3 is 37.9 Å². The first-order chi connectivity index (χ1) is 10.6. The number of benzene rings is 2. The first-order valence-corrected chi connectivity index (χ1v) is 7.00. The number of rotatable bonds is 1. The summed E-state index contributed by atoms with van der Waals surface area (Å²) < 4.78 is 5.13. The molecule has 0 bridgehead atoms. The molecule has 11 N–H and O–H groups in total. The lowest BCUT2D eigenvalue weighted by atomic mass is 10.3. The van der Waals surface area contributed by atoms with Crippen LogP contribution in [-0.4, -0.2) is 23.2 Å². The minimum Gasteiger partial charge on any atom is -0.506 e. The summed E-state index contributed by atoms with van der Waals surface area (Å²) in [6.45, 7) is 1.19. The number of anilines is 1. The molecule has 9 heteroatoms. The number of oxazole rings is 1. The highest BCUT2D eigenvalue weighted by molar-refractivity contribution is 8.93. The monoisotopic (exact) mass is 417 g/mol. The van der Waals surface area contributed by atoms with Crippen molar-refractivity contribution in [1.29, 1.82) is 0 Å². The summed E-state index contributed by atoms with van der Waals surface area (Å²) in [5.74, 6) is 0.146. The van der Waals surface area contributed by atoms with Crippen molar-refractivity contribution in [3.05, 3.63) is 53.4 Å². The Kier molecular flexibility index (Phi) is 13.7. The molecular weight excluding hydrogens is 394 g/mol. The second-order valence-corrected chi connectivity index (χ2v) is 4.52. The number of nitrogens with two attached hydrogens (primary N) is 3. The van der Waals surface area contributed by atoms with E-state index in [9.17, 15) is 0 Å². The maximum Gasteiger partial charge on any atom is 0.266 e. The molecule has 0 radical (unpaired) electrons. The number of H-pyrrole nitrogens is 1. The van der Waals surface area contributed by atoms with Crippen molar-refractivity contribution in [2.45, 2.75) is 0 Å². The van der Waals surface area contributed by atoms with Gasteiger partial charge in [-0.05, 0) is 36.5 Å². The summed E-state index contributed by atoms with van der Waals surface area (Å²) in [6.07, 6.45) is 0. The zero-order valence-corrected chi connectivity index (χ0v) is 15.7. The topological polar surface area (TPSA) is 162 Å². The van der Waals surface area contributed by atoms with Crippen molar-refractivity contribution in [2.24, 2.45) is 11.5 Å². The number of nitrogen functional groups attached to an aromatic ring is 1.